The summed E-state index contributed by atoms with van der Waals surface area (Å²) in [5.74, 6) is 1.47. The zero-order chi connectivity index (χ0) is 19.9. The van der Waals surface area contributed by atoms with Crippen molar-refractivity contribution in [3.63, 3.8) is 0 Å². The van der Waals surface area contributed by atoms with Crippen LogP contribution in [0.1, 0.15) is 69.8 Å². The molecule has 0 bridgehead atoms. The number of ether oxygens (including phenoxy) is 1. The Balaban J connectivity index is 1.65. The number of halogens is 3. The van der Waals surface area contributed by atoms with Crippen molar-refractivity contribution < 1.29 is 13.5 Å². The van der Waals surface area contributed by atoms with Crippen molar-refractivity contribution >= 4 is 11.6 Å². The SMILES string of the molecule is CCCCCC1CCC(c2ccc(-c3ccc(Cl)cc3OC(F)F)nc2)CC1. The molecule has 0 N–H and O–H groups in total. The first-order chi connectivity index (χ1) is 13.6. The third kappa shape index (κ3) is 5.66. The second-order valence-electron chi connectivity index (χ2n) is 7.71. The number of hydrogen-bond acceptors (Lipinski definition) is 2. The standard InChI is InChI=1S/C23H28ClF2NO/c1-2-3-4-5-16-6-8-17(9-7-16)18-10-13-21(27-15-18)20-12-11-19(24)14-22(20)28-23(25)26/h10-17,23H,2-9H2,1H3. The monoisotopic (exact) mass is 407 g/mol. The van der Waals surface area contributed by atoms with Crippen molar-refractivity contribution in [3.05, 3.63) is 47.1 Å². The van der Waals surface area contributed by atoms with Gasteiger partial charge in [0.2, 0.25) is 0 Å². The molecule has 0 saturated heterocycles. The van der Waals surface area contributed by atoms with E-state index >= 15 is 0 Å². The van der Waals surface area contributed by atoms with Crippen LogP contribution in [0.4, 0.5) is 8.78 Å². The highest BCUT2D eigenvalue weighted by molar-refractivity contribution is 6.30. The van der Waals surface area contributed by atoms with Crippen molar-refractivity contribution in [2.24, 2.45) is 5.92 Å². The van der Waals surface area contributed by atoms with Gasteiger partial charge in [0.05, 0.1) is 5.69 Å². The Morgan fingerprint density at radius 1 is 1.11 bits per heavy atom. The zero-order valence-electron chi connectivity index (χ0n) is 16.3. The van der Waals surface area contributed by atoms with E-state index in [0.717, 1.165) is 5.92 Å². The van der Waals surface area contributed by atoms with Crippen LogP contribution in [0.15, 0.2) is 36.5 Å². The van der Waals surface area contributed by atoms with Gasteiger partial charge < -0.3 is 4.74 Å². The Morgan fingerprint density at radius 3 is 2.54 bits per heavy atom. The highest BCUT2D eigenvalue weighted by atomic mass is 35.5. The van der Waals surface area contributed by atoms with Crippen molar-refractivity contribution in [2.75, 3.05) is 0 Å². The molecule has 3 rings (SSSR count). The van der Waals surface area contributed by atoms with Gasteiger partial charge >= 0.3 is 6.61 Å². The molecule has 1 heterocycles. The van der Waals surface area contributed by atoms with Gasteiger partial charge in [-0.2, -0.15) is 8.78 Å². The number of alkyl halides is 2. The van der Waals surface area contributed by atoms with Crippen molar-refractivity contribution in [3.8, 4) is 17.0 Å². The summed E-state index contributed by atoms with van der Waals surface area (Å²) in [6, 6.07) is 8.70. The Labute approximate surface area is 171 Å². The molecule has 2 aromatic rings. The summed E-state index contributed by atoms with van der Waals surface area (Å²) < 4.78 is 30.0. The Bertz CT molecular complexity index is 743. The lowest BCUT2D eigenvalue weighted by Crippen LogP contribution is -2.13. The maximum Gasteiger partial charge on any atom is 0.387 e. The van der Waals surface area contributed by atoms with Crippen molar-refractivity contribution in [2.45, 2.75) is 70.8 Å². The molecule has 0 unspecified atom stereocenters. The summed E-state index contributed by atoms with van der Waals surface area (Å²) in [7, 11) is 0. The first kappa shape index (κ1) is 21.0. The first-order valence-electron chi connectivity index (χ1n) is 10.3. The predicted octanol–water partition coefficient (Wildman–Crippen LogP) is 7.86. The maximum atomic E-state index is 12.7. The van der Waals surface area contributed by atoms with Gasteiger partial charge in [-0.3, -0.25) is 4.98 Å². The molecular weight excluding hydrogens is 380 g/mol. The largest absolute Gasteiger partial charge is 0.434 e. The minimum absolute atomic E-state index is 0.0512. The summed E-state index contributed by atoms with van der Waals surface area (Å²) in [5.41, 5.74) is 2.38. The molecule has 0 amide bonds. The van der Waals surface area contributed by atoms with Crippen LogP contribution in [-0.4, -0.2) is 11.6 Å². The zero-order valence-corrected chi connectivity index (χ0v) is 17.1. The molecule has 1 saturated carbocycles. The lowest BCUT2D eigenvalue weighted by Gasteiger charge is -2.28. The third-order valence-electron chi connectivity index (χ3n) is 5.76. The molecule has 0 radical (unpaired) electrons. The summed E-state index contributed by atoms with van der Waals surface area (Å²) >= 11 is 5.92. The molecule has 0 atom stereocenters. The number of aromatic nitrogens is 1. The van der Waals surface area contributed by atoms with Gasteiger partial charge in [0.25, 0.3) is 0 Å². The Morgan fingerprint density at radius 2 is 1.89 bits per heavy atom. The summed E-state index contributed by atoms with van der Waals surface area (Å²) in [6.07, 6.45) is 12.2. The van der Waals surface area contributed by atoms with E-state index < -0.39 is 6.61 Å². The highest BCUT2D eigenvalue weighted by Gasteiger charge is 2.22. The molecule has 1 aromatic heterocycles. The predicted molar refractivity (Wildman–Crippen MR) is 110 cm³/mol. The fourth-order valence-electron chi connectivity index (χ4n) is 4.17. The average Bonchev–Trinajstić information content (AvgIpc) is 2.69. The van der Waals surface area contributed by atoms with E-state index in [1.165, 1.54) is 63.0 Å². The van der Waals surface area contributed by atoms with E-state index in [4.69, 9.17) is 11.6 Å². The molecule has 1 aliphatic rings. The number of benzene rings is 1. The topological polar surface area (TPSA) is 22.1 Å². The molecule has 5 heteroatoms. The highest BCUT2D eigenvalue weighted by Crippen LogP contribution is 2.38. The normalized spacial score (nSPS) is 19.8. The second-order valence-corrected chi connectivity index (χ2v) is 8.15. The summed E-state index contributed by atoms with van der Waals surface area (Å²) in [6.45, 7) is -0.649. The van der Waals surface area contributed by atoms with E-state index in [9.17, 15) is 8.78 Å². The van der Waals surface area contributed by atoms with E-state index in [-0.39, 0.29) is 5.75 Å². The number of pyridine rings is 1. The number of rotatable bonds is 8. The number of unbranched alkanes of at least 4 members (excludes halogenated alkanes) is 2. The van der Waals surface area contributed by atoms with Gasteiger partial charge in [-0.25, -0.2) is 0 Å². The van der Waals surface area contributed by atoms with Gasteiger partial charge in [0.1, 0.15) is 5.75 Å². The fraction of sp³-hybridized carbons (Fsp3) is 0.522. The molecule has 0 spiro atoms. The smallest absolute Gasteiger partial charge is 0.387 e. The maximum absolute atomic E-state index is 12.7. The number of nitrogens with zero attached hydrogens (tertiary/aromatic N) is 1. The van der Waals surface area contributed by atoms with E-state index in [2.05, 4.69) is 22.7 Å². The molecular formula is C23H28ClF2NO. The van der Waals surface area contributed by atoms with Crippen molar-refractivity contribution in [1.29, 1.82) is 0 Å². The fourth-order valence-corrected chi connectivity index (χ4v) is 4.34. The van der Waals surface area contributed by atoms with Crippen LogP contribution in [0.2, 0.25) is 5.02 Å². The third-order valence-corrected chi connectivity index (χ3v) is 5.99. The average molecular weight is 408 g/mol. The molecule has 152 valence electrons. The molecule has 28 heavy (non-hydrogen) atoms. The van der Waals surface area contributed by atoms with Crippen LogP contribution in [0, 0.1) is 5.92 Å². The Kier molecular flexibility index (Phi) is 7.66. The molecule has 2 nitrogen and oxygen atoms in total. The summed E-state index contributed by atoms with van der Waals surface area (Å²) in [5, 5.41) is 0.353. The van der Waals surface area contributed by atoms with Gasteiger partial charge in [-0.15, -0.1) is 0 Å². The minimum Gasteiger partial charge on any atom is -0.434 e. The minimum atomic E-state index is -2.90. The van der Waals surface area contributed by atoms with Crippen LogP contribution < -0.4 is 4.74 Å². The van der Waals surface area contributed by atoms with E-state index in [1.807, 2.05) is 12.3 Å². The molecule has 0 aliphatic heterocycles. The summed E-state index contributed by atoms with van der Waals surface area (Å²) in [4.78, 5) is 4.53. The lowest BCUT2D eigenvalue weighted by molar-refractivity contribution is -0.0494. The van der Waals surface area contributed by atoms with Crippen LogP contribution in [0.5, 0.6) is 5.75 Å². The van der Waals surface area contributed by atoms with E-state index in [1.54, 1.807) is 12.1 Å². The van der Waals surface area contributed by atoms with Crippen LogP contribution in [0.25, 0.3) is 11.3 Å². The molecule has 1 aliphatic carbocycles. The van der Waals surface area contributed by atoms with Gasteiger partial charge in [0.15, 0.2) is 0 Å². The van der Waals surface area contributed by atoms with E-state index in [0.29, 0.717) is 22.2 Å². The molecule has 1 aromatic carbocycles. The first-order valence-corrected chi connectivity index (χ1v) is 10.6. The van der Waals surface area contributed by atoms with Crippen LogP contribution in [0.3, 0.4) is 0 Å². The lowest BCUT2D eigenvalue weighted by atomic mass is 9.77. The van der Waals surface area contributed by atoms with Crippen molar-refractivity contribution in [1.82, 2.24) is 4.98 Å². The van der Waals surface area contributed by atoms with Gasteiger partial charge in [-0.1, -0.05) is 50.3 Å². The molecule has 1 fully saturated rings. The van der Waals surface area contributed by atoms with Gasteiger partial charge in [-0.05, 0) is 67.3 Å². The Hall–Kier alpha value is -1.68. The van der Waals surface area contributed by atoms with Gasteiger partial charge in [0, 0.05) is 16.8 Å². The quantitative estimate of drug-likeness (QED) is 0.415. The number of hydrogen-bond donors (Lipinski definition) is 0. The van der Waals surface area contributed by atoms with Crippen LogP contribution in [-0.2, 0) is 0 Å². The second kappa shape index (κ2) is 10.2. The van der Waals surface area contributed by atoms with Crippen LogP contribution >= 0.6 is 11.6 Å².